The number of benzene rings is 2. The van der Waals surface area contributed by atoms with Gasteiger partial charge in [0, 0.05) is 5.56 Å². The fourth-order valence-corrected chi connectivity index (χ4v) is 2.08. The second kappa shape index (κ2) is 5.02. The van der Waals surface area contributed by atoms with Crippen molar-refractivity contribution in [2.24, 2.45) is 5.73 Å². The van der Waals surface area contributed by atoms with E-state index in [9.17, 15) is 15.0 Å². The Hall–Kier alpha value is -2.49. The first-order valence-corrected chi connectivity index (χ1v) is 5.98. The number of hydrogen-bond acceptors (Lipinski definition) is 3. The Morgan fingerprint density at radius 2 is 1.74 bits per heavy atom. The summed E-state index contributed by atoms with van der Waals surface area (Å²) in [6, 6.07) is 9.75. The number of phenolic OH excluding ortho intramolecular Hbond substituents is 1. The Balaban J connectivity index is 2.69. The third kappa shape index (κ3) is 2.38. The lowest BCUT2D eigenvalue weighted by Gasteiger charge is -2.13. The molecule has 19 heavy (non-hydrogen) atoms. The lowest BCUT2D eigenvalue weighted by atomic mass is 9.94. The number of rotatable bonds is 3. The van der Waals surface area contributed by atoms with E-state index in [4.69, 9.17) is 5.73 Å². The molecule has 0 aliphatic rings. The highest BCUT2D eigenvalue weighted by molar-refractivity contribution is 5.98. The zero-order valence-corrected chi connectivity index (χ0v) is 10.6. The Labute approximate surface area is 111 Å². The van der Waals surface area contributed by atoms with Crippen LogP contribution in [0.5, 0.6) is 11.5 Å². The van der Waals surface area contributed by atoms with E-state index in [1.807, 2.05) is 6.92 Å². The zero-order chi connectivity index (χ0) is 14.0. The number of primary amides is 1. The molecular formula is C15H15NO3. The number of nitrogens with two attached hydrogens (primary N) is 1. The van der Waals surface area contributed by atoms with Crippen LogP contribution in [0.2, 0.25) is 0 Å². The van der Waals surface area contributed by atoms with E-state index >= 15 is 0 Å². The summed E-state index contributed by atoms with van der Waals surface area (Å²) >= 11 is 0. The van der Waals surface area contributed by atoms with Crippen molar-refractivity contribution in [3.8, 4) is 22.6 Å². The van der Waals surface area contributed by atoms with Crippen molar-refractivity contribution >= 4 is 5.91 Å². The molecule has 0 fully saturated rings. The van der Waals surface area contributed by atoms with Gasteiger partial charge in [-0.2, -0.15) is 0 Å². The molecule has 98 valence electrons. The Morgan fingerprint density at radius 1 is 1.11 bits per heavy atom. The predicted octanol–water partition coefficient (Wildman–Crippen LogP) is 2.43. The number of hydrogen-bond donors (Lipinski definition) is 3. The monoisotopic (exact) mass is 257 g/mol. The molecule has 4 N–H and O–H groups in total. The molecule has 2 aromatic rings. The average Bonchev–Trinajstić information content (AvgIpc) is 2.39. The summed E-state index contributed by atoms with van der Waals surface area (Å²) in [4.78, 5) is 11.3. The normalized spacial score (nSPS) is 10.4. The van der Waals surface area contributed by atoms with E-state index < -0.39 is 5.91 Å². The maximum absolute atomic E-state index is 11.3. The molecule has 4 heteroatoms. The molecule has 0 aliphatic carbocycles. The summed E-state index contributed by atoms with van der Waals surface area (Å²) in [5.41, 5.74) is 7.56. The van der Waals surface area contributed by atoms with Gasteiger partial charge >= 0.3 is 0 Å². The SMILES string of the molecule is CCc1ccc(C(N)=O)c(O)c1-c1ccc(O)cc1. The molecule has 2 aromatic carbocycles. The van der Waals surface area contributed by atoms with Crippen LogP contribution in [0.1, 0.15) is 22.8 Å². The molecule has 0 saturated heterocycles. The van der Waals surface area contributed by atoms with Gasteiger partial charge in [-0.25, -0.2) is 0 Å². The molecule has 0 saturated carbocycles. The molecule has 0 heterocycles. The molecular weight excluding hydrogens is 242 g/mol. The summed E-state index contributed by atoms with van der Waals surface area (Å²) in [6.07, 6.45) is 0.711. The van der Waals surface area contributed by atoms with Crippen LogP contribution in [0.4, 0.5) is 0 Å². The predicted molar refractivity (Wildman–Crippen MR) is 73.1 cm³/mol. The average molecular weight is 257 g/mol. The van der Waals surface area contributed by atoms with Crippen molar-refractivity contribution in [1.29, 1.82) is 0 Å². The summed E-state index contributed by atoms with van der Waals surface area (Å²) < 4.78 is 0. The van der Waals surface area contributed by atoms with Crippen LogP contribution in [0, 0.1) is 0 Å². The quantitative estimate of drug-likeness (QED) is 0.789. The van der Waals surface area contributed by atoms with Crippen LogP contribution in [0.3, 0.4) is 0 Å². The third-order valence-electron chi connectivity index (χ3n) is 3.07. The number of carbonyl (C=O) groups is 1. The smallest absolute Gasteiger partial charge is 0.252 e. The summed E-state index contributed by atoms with van der Waals surface area (Å²) in [5.74, 6) is -0.634. The van der Waals surface area contributed by atoms with E-state index in [0.717, 1.165) is 11.1 Å². The summed E-state index contributed by atoms with van der Waals surface area (Å²) in [7, 11) is 0. The molecule has 0 aromatic heterocycles. The van der Waals surface area contributed by atoms with Gasteiger partial charge in [0.05, 0.1) is 5.56 Å². The zero-order valence-electron chi connectivity index (χ0n) is 10.6. The van der Waals surface area contributed by atoms with Crippen LogP contribution in [0.25, 0.3) is 11.1 Å². The summed E-state index contributed by atoms with van der Waals surface area (Å²) in [5, 5.41) is 19.5. The van der Waals surface area contributed by atoms with Crippen molar-refractivity contribution in [2.45, 2.75) is 13.3 Å². The van der Waals surface area contributed by atoms with Crippen molar-refractivity contribution in [1.82, 2.24) is 0 Å². The topological polar surface area (TPSA) is 83.6 Å². The minimum atomic E-state index is -0.666. The fraction of sp³-hybridized carbons (Fsp3) is 0.133. The van der Waals surface area contributed by atoms with Crippen molar-refractivity contribution in [3.63, 3.8) is 0 Å². The molecule has 0 bridgehead atoms. The first kappa shape index (κ1) is 13.0. The molecule has 0 radical (unpaired) electrons. The highest BCUT2D eigenvalue weighted by atomic mass is 16.3. The van der Waals surface area contributed by atoms with Crippen LogP contribution in [-0.2, 0) is 6.42 Å². The molecule has 0 aliphatic heterocycles. The molecule has 1 amide bonds. The number of aromatic hydroxyl groups is 2. The first-order chi connectivity index (χ1) is 9.04. The van der Waals surface area contributed by atoms with Gasteiger partial charge in [0.25, 0.3) is 5.91 Å². The summed E-state index contributed by atoms with van der Waals surface area (Å²) in [6.45, 7) is 1.96. The minimum Gasteiger partial charge on any atom is -0.508 e. The van der Waals surface area contributed by atoms with Gasteiger partial charge in [0.1, 0.15) is 11.5 Å². The van der Waals surface area contributed by atoms with E-state index in [2.05, 4.69) is 0 Å². The molecule has 0 spiro atoms. The van der Waals surface area contributed by atoms with E-state index in [0.29, 0.717) is 12.0 Å². The minimum absolute atomic E-state index is 0.0975. The molecule has 0 atom stereocenters. The first-order valence-electron chi connectivity index (χ1n) is 5.98. The van der Waals surface area contributed by atoms with Crippen molar-refractivity contribution in [3.05, 3.63) is 47.5 Å². The number of phenols is 2. The second-order valence-corrected chi connectivity index (χ2v) is 4.26. The lowest BCUT2D eigenvalue weighted by Crippen LogP contribution is -2.11. The number of aryl methyl sites for hydroxylation is 1. The van der Waals surface area contributed by atoms with Gasteiger partial charge in [-0.15, -0.1) is 0 Å². The standard InChI is InChI=1S/C15H15NO3/c1-2-9-5-8-12(15(16)19)14(18)13(9)10-3-6-11(17)7-4-10/h3-8,17-18H,2H2,1H3,(H2,16,19). The van der Waals surface area contributed by atoms with Gasteiger partial charge in [0.15, 0.2) is 0 Å². The highest BCUT2D eigenvalue weighted by Gasteiger charge is 2.16. The molecule has 0 unspecified atom stereocenters. The number of carbonyl (C=O) groups excluding carboxylic acids is 1. The van der Waals surface area contributed by atoms with E-state index in [1.54, 1.807) is 18.2 Å². The van der Waals surface area contributed by atoms with Crippen LogP contribution < -0.4 is 5.73 Å². The Morgan fingerprint density at radius 3 is 2.26 bits per heavy atom. The van der Waals surface area contributed by atoms with Crippen molar-refractivity contribution in [2.75, 3.05) is 0 Å². The van der Waals surface area contributed by atoms with E-state index in [1.165, 1.54) is 18.2 Å². The van der Waals surface area contributed by atoms with Crippen LogP contribution in [0.15, 0.2) is 36.4 Å². The van der Waals surface area contributed by atoms with Crippen LogP contribution in [-0.4, -0.2) is 16.1 Å². The third-order valence-corrected chi connectivity index (χ3v) is 3.07. The van der Waals surface area contributed by atoms with E-state index in [-0.39, 0.29) is 17.1 Å². The van der Waals surface area contributed by atoms with Crippen LogP contribution >= 0.6 is 0 Å². The maximum atomic E-state index is 11.3. The second-order valence-electron chi connectivity index (χ2n) is 4.26. The Bertz CT molecular complexity index is 618. The maximum Gasteiger partial charge on any atom is 0.252 e. The molecule has 4 nitrogen and oxygen atoms in total. The largest absolute Gasteiger partial charge is 0.508 e. The fourth-order valence-electron chi connectivity index (χ4n) is 2.08. The van der Waals surface area contributed by atoms with Gasteiger partial charge in [0.2, 0.25) is 0 Å². The van der Waals surface area contributed by atoms with Gasteiger partial charge in [-0.05, 0) is 35.7 Å². The lowest BCUT2D eigenvalue weighted by molar-refractivity contribution is 0.0998. The Kier molecular flexibility index (Phi) is 3.42. The highest BCUT2D eigenvalue weighted by Crippen LogP contribution is 2.36. The van der Waals surface area contributed by atoms with Crippen molar-refractivity contribution < 1.29 is 15.0 Å². The molecule has 2 rings (SSSR count). The van der Waals surface area contributed by atoms with Gasteiger partial charge < -0.3 is 15.9 Å². The van der Waals surface area contributed by atoms with Gasteiger partial charge in [-0.1, -0.05) is 25.1 Å². The number of amides is 1. The van der Waals surface area contributed by atoms with Gasteiger partial charge in [-0.3, -0.25) is 4.79 Å².